The Morgan fingerprint density at radius 2 is 1.41 bits per heavy atom. The number of aryl methyl sites for hydroxylation is 2. The molecule has 0 amide bonds. The first-order valence-electron chi connectivity index (χ1n) is 7.78. The first-order chi connectivity index (χ1) is 10.6. The summed E-state index contributed by atoms with van der Waals surface area (Å²) in [5.74, 6) is 0.558. The maximum atomic E-state index is 6.19. The lowest BCUT2D eigenvalue weighted by atomic mass is 10.1. The third kappa shape index (κ3) is 4.32. The van der Waals surface area contributed by atoms with Crippen molar-refractivity contribution in [2.75, 3.05) is 0 Å². The Morgan fingerprint density at radius 1 is 0.909 bits per heavy atom. The van der Waals surface area contributed by atoms with Crippen LogP contribution in [0.15, 0.2) is 59.6 Å². The molecule has 2 aromatic carbocycles. The third-order valence-electron chi connectivity index (χ3n) is 3.56. The summed E-state index contributed by atoms with van der Waals surface area (Å²) in [6.45, 7) is 6.31. The van der Waals surface area contributed by atoms with Gasteiger partial charge in [-0.2, -0.15) is 0 Å². The summed E-state index contributed by atoms with van der Waals surface area (Å²) in [5.41, 5.74) is 11.7. The van der Waals surface area contributed by atoms with E-state index in [0.717, 1.165) is 29.7 Å². The van der Waals surface area contributed by atoms with E-state index in [1.807, 2.05) is 12.1 Å². The second kappa shape index (κ2) is 7.60. The first-order valence-corrected chi connectivity index (χ1v) is 7.78. The van der Waals surface area contributed by atoms with Crippen LogP contribution in [0.1, 0.15) is 42.0 Å². The van der Waals surface area contributed by atoms with Gasteiger partial charge in [0.1, 0.15) is 5.84 Å². The van der Waals surface area contributed by atoms with Crippen LogP contribution >= 0.6 is 0 Å². The van der Waals surface area contributed by atoms with Crippen molar-refractivity contribution in [1.82, 2.24) is 0 Å². The van der Waals surface area contributed by atoms with Crippen molar-refractivity contribution in [2.24, 2.45) is 10.7 Å². The maximum Gasteiger partial charge on any atom is 0.131 e. The highest BCUT2D eigenvalue weighted by Crippen LogP contribution is 2.19. The Balaban J connectivity index is 2.35. The van der Waals surface area contributed by atoms with E-state index in [4.69, 9.17) is 5.73 Å². The van der Waals surface area contributed by atoms with Crippen molar-refractivity contribution < 1.29 is 0 Å². The van der Waals surface area contributed by atoms with Crippen molar-refractivity contribution in [2.45, 2.75) is 33.6 Å². The van der Waals surface area contributed by atoms with Crippen LogP contribution in [-0.2, 0) is 0 Å². The molecule has 0 spiro atoms. The van der Waals surface area contributed by atoms with Crippen LogP contribution in [0.5, 0.6) is 0 Å². The van der Waals surface area contributed by atoms with Gasteiger partial charge in [-0.15, -0.1) is 0 Å². The minimum atomic E-state index is 0.558. The van der Waals surface area contributed by atoms with Crippen molar-refractivity contribution in [3.63, 3.8) is 0 Å². The number of nitrogens with zero attached hydrogens (tertiary/aromatic N) is 1. The zero-order chi connectivity index (χ0) is 15.9. The predicted molar refractivity (Wildman–Crippen MR) is 96.0 cm³/mol. The molecule has 2 nitrogen and oxygen atoms in total. The van der Waals surface area contributed by atoms with Crippen molar-refractivity contribution in [3.8, 4) is 0 Å². The molecule has 0 aliphatic rings. The molecule has 2 rings (SSSR count). The SMILES string of the molecule is CCCC=C(N=C(N)c1ccc(C)cc1)c1ccc(C)cc1. The number of allylic oxidation sites excluding steroid dienone is 1. The molecule has 0 aromatic heterocycles. The molecule has 0 unspecified atom stereocenters. The topological polar surface area (TPSA) is 38.4 Å². The largest absolute Gasteiger partial charge is 0.383 e. The molecule has 2 N–H and O–H groups in total. The van der Waals surface area contributed by atoms with Gasteiger partial charge < -0.3 is 5.73 Å². The minimum Gasteiger partial charge on any atom is -0.383 e. The van der Waals surface area contributed by atoms with E-state index < -0.39 is 0 Å². The second-order valence-corrected chi connectivity index (χ2v) is 5.61. The molecule has 2 aromatic rings. The molecule has 0 radical (unpaired) electrons. The lowest BCUT2D eigenvalue weighted by Crippen LogP contribution is -2.13. The van der Waals surface area contributed by atoms with Gasteiger partial charge in [0.25, 0.3) is 0 Å². The molecular formula is C20H24N2. The van der Waals surface area contributed by atoms with Gasteiger partial charge >= 0.3 is 0 Å². The Labute approximate surface area is 133 Å². The maximum absolute atomic E-state index is 6.19. The third-order valence-corrected chi connectivity index (χ3v) is 3.56. The average Bonchev–Trinajstić information content (AvgIpc) is 2.52. The van der Waals surface area contributed by atoms with Crippen LogP contribution in [0.2, 0.25) is 0 Å². The van der Waals surface area contributed by atoms with E-state index in [1.54, 1.807) is 0 Å². The number of benzene rings is 2. The summed E-state index contributed by atoms with van der Waals surface area (Å²) < 4.78 is 0. The second-order valence-electron chi connectivity index (χ2n) is 5.61. The molecule has 2 heteroatoms. The Bertz CT molecular complexity index is 662. The molecule has 0 bridgehead atoms. The molecule has 0 saturated carbocycles. The molecular weight excluding hydrogens is 268 g/mol. The van der Waals surface area contributed by atoms with Gasteiger partial charge in [-0.1, -0.05) is 79.1 Å². The quantitative estimate of drug-likeness (QED) is 0.621. The first kappa shape index (κ1) is 16.0. The van der Waals surface area contributed by atoms with Crippen LogP contribution in [0.25, 0.3) is 5.70 Å². The molecule has 0 aliphatic heterocycles. The number of hydrogen-bond acceptors (Lipinski definition) is 1. The number of nitrogens with two attached hydrogens (primary N) is 1. The number of aliphatic imine (C=N–C) groups is 1. The van der Waals surface area contributed by atoms with Crippen LogP contribution in [0, 0.1) is 13.8 Å². The van der Waals surface area contributed by atoms with E-state index in [1.165, 1.54) is 11.1 Å². The van der Waals surface area contributed by atoms with Gasteiger partial charge in [-0.05, 0) is 25.8 Å². The summed E-state index contributed by atoms with van der Waals surface area (Å²) in [6.07, 6.45) is 4.24. The lowest BCUT2D eigenvalue weighted by Gasteiger charge is -2.07. The summed E-state index contributed by atoms with van der Waals surface area (Å²) >= 11 is 0. The van der Waals surface area contributed by atoms with E-state index in [0.29, 0.717) is 5.84 Å². The number of amidine groups is 1. The highest BCUT2D eigenvalue weighted by molar-refractivity contribution is 6.00. The fourth-order valence-corrected chi connectivity index (χ4v) is 2.15. The standard InChI is InChI=1S/C20H24N2/c1-4-5-6-19(17-11-7-15(2)8-12-17)22-20(21)18-13-9-16(3)10-14-18/h6-14H,4-5H2,1-3H3,(H2,21,22). The number of hydrogen-bond donors (Lipinski definition) is 1. The van der Waals surface area contributed by atoms with Crippen LogP contribution in [-0.4, -0.2) is 5.84 Å². The van der Waals surface area contributed by atoms with E-state index in [2.05, 4.69) is 68.2 Å². The minimum absolute atomic E-state index is 0.558. The Kier molecular flexibility index (Phi) is 5.54. The van der Waals surface area contributed by atoms with Gasteiger partial charge in [0.2, 0.25) is 0 Å². The Morgan fingerprint density at radius 3 is 1.91 bits per heavy atom. The van der Waals surface area contributed by atoms with Crippen LogP contribution in [0.3, 0.4) is 0 Å². The van der Waals surface area contributed by atoms with E-state index in [9.17, 15) is 0 Å². The van der Waals surface area contributed by atoms with Crippen LogP contribution in [0.4, 0.5) is 0 Å². The normalized spacial score (nSPS) is 12.5. The number of rotatable bonds is 5. The lowest BCUT2D eigenvalue weighted by molar-refractivity contribution is 0.958. The highest BCUT2D eigenvalue weighted by Gasteiger charge is 2.03. The fraction of sp³-hybridized carbons (Fsp3) is 0.250. The zero-order valence-electron chi connectivity index (χ0n) is 13.6. The summed E-state index contributed by atoms with van der Waals surface area (Å²) in [5, 5.41) is 0. The summed E-state index contributed by atoms with van der Waals surface area (Å²) in [7, 11) is 0. The zero-order valence-corrected chi connectivity index (χ0v) is 13.6. The van der Waals surface area contributed by atoms with Gasteiger partial charge in [0, 0.05) is 5.56 Å². The van der Waals surface area contributed by atoms with Crippen molar-refractivity contribution >= 4 is 11.5 Å². The van der Waals surface area contributed by atoms with Gasteiger partial charge in [-0.25, -0.2) is 4.99 Å². The summed E-state index contributed by atoms with van der Waals surface area (Å²) in [4.78, 5) is 4.67. The van der Waals surface area contributed by atoms with Crippen molar-refractivity contribution in [1.29, 1.82) is 0 Å². The van der Waals surface area contributed by atoms with E-state index >= 15 is 0 Å². The van der Waals surface area contributed by atoms with Crippen LogP contribution < -0.4 is 5.73 Å². The van der Waals surface area contributed by atoms with Gasteiger partial charge in [-0.3, -0.25) is 0 Å². The smallest absolute Gasteiger partial charge is 0.131 e. The highest BCUT2D eigenvalue weighted by atomic mass is 14.9. The van der Waals surface area contributed by atoms with Crippen molar-refractivity contribution in [3.05, 3.63) is 76.9 Å². The monoisotopic (exact) mass is 292 g/mol. The van der Waals surface area contributed by atoms with Gasteiger partial charge in [0.15, 0.2) is 0 Å². The molecule has 0 saturated heterocycles. The molecule has 0 fully saturated rings. The molecule has 0 heterocycles. The molecule has 22 heavy (non-hydrogen) atoms. The average molecular weight is 292 g/mol. The molecule has 114 valence electrons. The van der Waals surface area contributed by atoms with E-state index in [-0.39, 0.29) is 0 Å². The fourth-order valence-electron chi connectivity index (χ4n) is 2.15. The molecule has 0 aliphatic carbocycles. The predicted octanol–water partition coefficient (Wildman–Crippen LogP) is 4.85. The Hall–Kier alpha value is -2.35. The molecule has 0 atom stereocenters. The summed E-state index contributed by atoms with van der Waals surface area (Å²) in [6, 6.07) is 16.5. The number of unbranched alkanes of at least 4 members (excludes halogenated alkanes) is 1. The van der Waals surface area contributed by atoms with Gasteiger partial charge in [0.05, 0.1) is 5.70 Å².